The number of carboxylic acids is 1. The van der Waals surface area contributed by atoms with E-state index in [1.807, 2.05) is 6.92 Å². The molecule has 0 aliphatic carbocycles. The lowest BCUT2D eigenvalue weighted by Crippen LogP contribution is -2.17. The van der Waals surface area contributed by atoms with Gasteiger partial charge in [0.1, 0.15) is 11.4 Å². The second kappa shape index (κ2) is 4.89. The Kier molecular flexibility index (Phi) is 3.28. The number of carbonyl (C=O) groups excluding carboxylic acids is 1. The van der Waals surface area contributed by atoms with Gasteiger partial charge >= 0.3 is 5.97 Å². The van der Waals surface area contributed by atoms with Crippen molar-refractivity contribution in [3.05, 3.63) is 41.3 Å². The van der Waals surface area contributed by atoms with Gasteiger partial charge in [-0.05, 0) is 18.6 Å². The van der Waals surface area contributed by atoms with E-state index < -0.39 is 11.9 Å². The van der Waals surface area contributed by atoms with Gasteiger partial charge in [0.25, 0.3) is 5.91 Å². The number of nitrogens with one attached hydrogen (secondary N) is 1. The summed E-state index contributed by atoms with van der Waals surface area (Å²) in [4.78, 5) is 26.9. The minimum atomic E-state index is -1.20. The Morgan fingerprint density at radius 1 is 1.37 bits per heavy atom. The van der Waals surface area contributed by atoms with Crippen molar-refractivity contribution < 1.29 is 14.7 Å². The van der Waals surface area contributed by atoms with E-state index in [2.05, 4.69) is 15.4 Å². The number of carbonyl (C=O) groups is 2. The SMILES string of the molecule is Cc1ccc(NC(=O)c2nn(C)cc2C(=O)O)nc1. The summed E-state index contributed by atoms with van der Waals surface area (Å²) in [6.07, 6.45) is 2.88. The van der Waals surface area contributed by atoms with Crippen LogP contribution in [0.25, 0.3) is 0 Å². The number of rotatable bonds is 3. The molecule has 0 atom stereocenters. The average Bonchev–Trinajstić information content (AvgIpc) is 2.74. The number of pyridine rings is 1. The molecule has 2 aromatic heterocycles. The first-order chi connectivity index (χ1) is 8.97. The Bertz CT molecular complexity index is 631. The Morgan fingerprint density at radius 3 is 2.68 bits per heavy atom. The van der Waals surface area contributed by atoms with Gasteiger partial charge < -0.3 is 10.4 Å². The van der Waals surface area contributed by atoms with E-state index >= 15 is 0 Å². The van der Waals surface area contributed by atoms with Crippen molar-refractivity contribution >= 4 is 17.7 Å². The van der Waals surface area contributed by atoms with Crippen molar-refractivity contribution in [3.8, 4) is 0 Å². The van der Waals surface area contributed by atoms with Crippen LogP contribution < -0.4 is 5.32 Å². The van der Waals surface area contributed by atoms with Gasteiger partial charge in [-0.2, -0.15) is 5.10 Å². The maximum absolute atomic E-state index is 11.9. The number of hydrogen-bond acceptors (Lipinski definition) is 4. The lowest BCUT2D eigenvalue weighted by molar-refractivity contribution is 0.0692. The minimum Gasteiger partial charge on any atom is -0.478 e. The van der Waals surface area contributed by atoms with E-state index in [1.165, 1.54) is 10.9 Å². The summed E-state index contributed by atoms with van der Waals surface area (Å²) in [5.74, 6) is -1.46. The molecule has 0 aromatic carbocycles. The fraction of sp³-hybridized carbons (Fsp3) is 0.167. The Labute approximate surface area is 108 Å². The van der Waals surface area contributed by atoms with Crippen LogP contribution in [-0.4, -0.2) is 31.7 Å². The molecule has 0 unspecified atom stereocenters. The molecule has 2 rings (SSSR count). The van der Waals surface area contributed by atoms with Gasteiger partial charge in [-0.1, -0.05) is 6.07 Å². The molecule has 0 saturated heterocycles. The molecule has 1 amide bonds. The molecule has 19 heavy (non-hydrogen) atoms. The van der Waals surface area contributed by atoms with Crippen molar-refractivity contribution in [3.63, 3.8) is 0 Å². The zero-order valence-electron chi connectivity index (χ0n) is 10.4. The monoisotopic (exact) mass is 260 g/mol. The van der Waals surface area contributed by atoms with Crippen molar-refractivity contribution in [2.24, 2.45) is 7.05 Å². The van der Waals surface area contributed by atoms with Crippen molar-refractivity contribution in [2.75, 3.05) is 5.32 Å². The van der Waals surface area contributed by atoms with Gasteiger partial charge in [-0.25, -0.2) is 9.78 Å². The summed E-state index contributed by atoms with van der Waals surface area (Å²) in [5, 5.41) is 15.3. The molecule has 0 aliphatic heterocycles. The quantitative estimate of drug-likeness (QED) is 0.860. The number of nitrogens with zero attached hydrogens (tertiary/aromatic N) is 3. The van der Waals surface area contributed by atoms with Gasteiger partial charge in [0.05, 0.1) is 0 Å². The standard InChI is InChI=1S/C12H12N4O3/c1-7-3-4-9(13-5-7)14-11(17)10-8(12(18)19)6-16(2)15-10/h3-6H,1-2H3,(H,18,19)(H,13,14,17). The highest BCUT2D eigenvalue weighted by Gasteiger charge is 2.21. The topological polar surface area (TPSA) is 97.1 Å². The van der Waals surface area contributed by atoms with Gasteiger partial charge in [0.2, 0.25) is 0 Å². The van der Waals surface area contributed by atoms with Crippen LogP contribution in [0.4, 0.5) is 5.82 Å². The molecule has 7 heteroatoms. The normalized spacial score (nSPS) is 10.2. The summed E-state index contributed by atoms with van der Waals surface area (Å²) in [6, 6.07) is 3.43. The van der Waals surface area contributed by atoms with Crippen molar-refractivity contribution in [2.45, 2.75) is 6.92 Å². The smallest absolute Gasteiger partial charge is 0.339 e. The fourth-order valence-electron chi connectivity index (χ4n) is 1.53. The average molecular weight is 260 g/mol. The first kappa shape index (κ1) is 12.7. The molecule has 0 spiro atoms. The predicted octanol–water partition coefficient (Wildman–Crippen LogP) is 1.07. The first-order valence-corrected chi connectivity index (χ1v) is 5.48. The van der Waals surface area contributed by atoms with Crippen LogP contribution in [0.2, 0.25) is 0 Å². The summed E-state index contributed by atoms with van der Waals surface area (Å²) in [6.45, 7) is 1.87. The highest BCUT2D eigenvalue weighted by molar-refractivity contribution is 6.08. The van der Waals surface area contributed by atoms with E-state index in [-0.39, 0.29) is 11.3 Å². The first-order valence-electron chi connectivity index (χ1n) is 5.48. The molecule has 0 aliphatic rings. The number of aromatic carboxylic acids is 1. The summed E-state index contributed by atoms with van der Waals surface area (Å²) in [5.41, 5.74) is 0.673. The highest BCUT2D eigenvalue weighted by atomic mass is 16.4. The number of aryl methyl sites for hydroxylation is 2. The third-order valence-electron chi connectivity index (χ3n) is 2.43. The molecule has 0 saturated carbocycles. The summed E-state index contributed by atoms with van der Waals surface area (Å²) < 4.78 is 1.28. The van der Waals surface area contributed by atoms with Crippen molar-refractivity contribution in [1.29, 1.82) is 0 Å². The van der Waals surface area contributed by atoms with Crippen LogP contribution in [0, 0.1) is 6.92 Å². The van der Waals surface area contributed by atoms with Crippen LogP contribution in [-0.2, 0) is 7.05 Å². The maximum Gasteiger partial charge on any atom is 0.339 e. The van der Waals surface area contributed by atoms with Crippen LogP contribution in [0.3, 0.4) is 0 Å². The lowest BCUT2D eigenvalue weighted by atomic mass is 10.2. The lowest BCUT2D eigenvalue weighted by Gasteiger charge is -2.03. The number of aromatic nitrogens is 3. The van der Waals surface area contributed by atoms with E-state index in [0.29, 0.717) is 5.82 Å². The molecule has 0 bridgehead atoms. The second-order valence-corrected chi connectivity index (χ2v) is 4.05. The maximum atomic E-state index is 11.9. The molecule has 0 radical (unpaired) electrons. The molecule has 98 valence electrons. The fourth-order valence-corrected chi connectivity index (χ4v) is 1.53. The Balaban J connectivity index is 2.25. The Morgan fingerprint density at radius 2 is 2.11 bits per heavy atom. The molecule has 0 fully saturated rings. The third kappa shape index (κ3) is 2.76. The van der Waals surface area contributed by atoms with Gasteiger partial charge in [0.15, 0.2) is 5.69 Å². The molecule has 7 nitrogen and oxygen atoms in total. The number of anilines is 1. The van der Waals surface area contributed by atoms with Gasteiger partial charge in [-0.3, -0.25) is 9.48 Å². The highest BCUT2D eigenvalue weighted by Crippen LogP contribution is 2.10. The minimum absolute atomic E-state index is 0.141. The van der Waals surface area contributed by atoms with Gasteiger partial charge in [-0.15, -0.1) is 0 Å². The van der Waals surface area contributed by atoms with Crippen molar-refractivity contribution in [1.82, 2.24) is 14.8 Å². The molecule has 2 heterocycles. The number of carboxylic acid groups (broad SMARTS) is 1. The number of hydrogen-bond donors (Lipinski definition) is 2. The van der Waals surface area contributed by atoms with Crippen LogP contribution in [0.15, 0.2) is 24.5 Å². The second-order valence-electron chi connectivity index (χ2n) is 4.05. The summed E-state index contributed by atoms with van der Waals surface area (Å²) in [7, 11) is 1.55. The van der Waals surface area contributed by atoms with Gasteiger partial charge in [0, 0.05) is 19.4 Å². The van der Waals surface area contributed by atoms with Crippen LogP contribution in [0.5, 0.6) is 0 Å². The zero-order chi connectivity index (χ0) is 14.0. The summed E-state index contributed by atoms with van der Waals surface area (Å²) >= 11 is 0. The molecule has 2 aromatic rings. The Hall–Kier alpha value is -2.70. The third-order valence-corrected chi connectivity index (χ3v) is 2.43. The van der Waals surface area contributed by atoms with Crippen LogP contribution in [0.1, 0.15) is 26.4 Å². The van der Waals surface area contributed by atoms with E-state index in [9.17, 15) is 9.59 Å². The zero-order valence-corrected chi connectivity index (χ0v) is 10.4. The largest absolute Gasteiger partial charge is 0.478 e. The number of amides is 1. The molecular formula is C12H12N4O3. The van der Waals surface area contributed by atoms with Crippen LogP contribution >= 0.6 is 0 Å². The van der Waals surface area contributed by atoms with E-state index in [4.69, 9.17) is 5.11 Å². The molecule has 2 N–H and O–H groups in total. The van der Waals surface area contributed by atoms with E-state index in [1.54, 1.807) is 25.4 Å². The van der Waals surface area contributed by atoms with E-state index in [0.717, 1.165) is 5.56 Å². The molecular weight excluding hydrogens is 248 g/mol. The predicted molar refractivity (Wildman–Crippen MR) is 67.1 cm³/mol.